The zero-order valence-electron chi connectivity index (χ0n) is 11.9. The minimum absolute atomic E-state index is 0.0434. The zero-order chi connectivity index (χ0) is 14.4. The van der Waals surface area contributed by atoms with Crippen molar-refractivity contribution < 1.29 is 9.90 Å². The molecule has 2 rings (SSSR count). The molecule has 0 unspecified atom stereocenters. The summed E-state index contributed by atoms with van der Waals surface area (Å²) in [5.74, 6) is 6.62. The van der Waals surface area contributed by atoms with Gasteiger partial charge in [0, 0.05) is 18.5 Å². The largest absolute Gasteiger partial charge is 0.395 e. The van der Waals surface area contributed by atoms with Crippen LogP contribution in [0, 0.1) is 24.7 Å². The number of aryl methyl sites for hydroxylation is 1. The first kappa shape index (κ1) is 14.6. The van der Waals surface area contributed by atoms with Crippen molar-refractivity contribution in [1.82, 2.24) is 5.32 Å². The maximum atomic E-state index is 12.2. The van der Waals surface area contributed by atoms with E-state index >= 15 is 0 Å². The summed E-state index contributed by atoms with van der Waals surface area (Å²) in [4.78, 5) is 12.2. The fourth-order valence-electron chi connectivity index (χ4n) is 2.06. The number of amides is 1. The van der Waals surface area contributed by atoms with Crippen molar-refractivity contribution in [2.75, 3.05) is 13.2 Å². The van der Waals surface area contributed by atoms with Crippen molar-refractivity contribution >= 4 is 5.91 Å². The van der Waals surface area contributed by atoms with Gasteiger partial charge in [0.25, 0.3) is 5.91 Å². The van der Waals surface area contributed by atoms with Crippen LogP contribution in [0.2, 0.25) is 0 Å². The quantitative estimate of drug-likeness (QED) is 0.807. The minimum Gasteiger partial charge on any atom is -0.395 e. The summed E-state index contributed by atoms with van der Waals surface area (Å²) in [5.41, 5.74) is 2.44. The number of benzene rings is 1. The molecule has 0 heterocycles. The lowest BCUT2D eigenvalue weighted by Gasteiger charge is -2.07. The molecule has 0 bridgehead atoms. The fraction of sp³-hybridized carbons (Fsp3) is 0.471. The molecule has 2 N–H and O–H groups in total. The van der Waals surface area contributed by atoms with Crippen molar-refractivity contribution in [1.29, 1.82) is 0 Å². The Morgan fingerprint density at radius 2 is 2.25 bits per heavy atom. The van der Waals surface area contributed by atoms with Gasteiger partial charge in [-0.3, -0.25) is 4.79 Å². The molecule has 1 aliphatic carbocycles. The number of carbonyl (C=O) groups is 1. The lowest BCUT2D eigenvalue weighted by Crippen LogP contribution is -2.25. The Bertz CT molecular complexity index is 536. The predicted octanol–water partition coefficient (Wildman–Crippen LogP) is 2.26. The second-order valence-corrected chi connectivity index (χ2v) is 5.31. The monoisotopic (exact) mass is 271 g/mol. The van der Waals surface area contributed by atoms with E-state index in [1.54, 1.807) is 0 Å². The molecule has 20 heavy (non-hydrogen) atoms. The van der Waals surface area contributed by atoms with Gasteiger partial charge < -0.3 is 10.4 Å². The number of hydrogen-bond acceptors (Lipinski definition) is 2. The third kappa shape index (κ3) is 4.40. The van der Waals surface area contributed by atoms with Gasteiger partial charge in [-0.25, -0.2) is 0 Å². The van der Waals surface area contributed by atoms with Gasteiger partial charge in [0.15, 0.2) is 0 Å². The molecule has 1 aromatic rings. The predicted molar refractivity (Wildman–Crippen MR) is 79.4 cm³/mol. The molecule has 106 valence electrons. The van der Waals surface area contributed by atoms with Gasteiger partial charge in [-0.15, -0.1) is 0 Å². The zero-order valence-corrected chi connectivity index (χ0v) is 11.9. The fourth-order valence-corrected chi connectivity index (χ4v) is 2.06. The van der Waals surface area contributed by atoms with Crippen LogP contribution in [0.5, 0.6) is 0 Å². The van der Waals surface area contributed by atoms with Gasteiger partial charge >= 0.3 is 0 Å². The van der Waals surface area contributed by atoms with Gasteiger partial charge in [-0.2, -0.15) is 0 Å². The van der Waals surface area contributed by atoms with E-state index in [1.807, 2.05) is 25.1 Å². The number of aliphatic hydroxyl groups is 1. The van der Waals surface area contributed by atoms with Crippen LogP contribution in [0.25, 0.3) is 0 Å². The van der Waals surface area contributed by atoms with E-state index in [2.05, 4.69) is 17.2 Å². The Balaban J connectivity index is 2.04. The Hall–Kier alpha value is -1.79. The van der Waals surface area contributed by atoms with Crippen LogP contribution in [0.3, 0.4) is 0 Å². The van der Waals surface area contributed by atoms with Gasteiger partial charge in [0.1, 0.15) is 0 Å². The number of carbonyl (C=O) groups excluding carboxylic acids is 1. The van der Waals surface area contributed by atoms with Crippen LogP contribution in [-0.2, 0) is 0 Å². The molecular weight excluding hydrogens is 250 g/mol. The molecule has 1 amide bonds. The summed E-state index contributed by atoms with van der Waals surface area (Å²) in [6.45, 7) is 2.76. The summed E-state index contributed by atoms with van der Waals surface area (Å²) in [6.07, 6.45) is 4.11. The molecule has 0 radical (unpaired) electrons. The summed E-state index contributed by atoms with van der Waals surface area (Å²) in [7, 11) is 0. The molecular formula is C17H21NO2. The van der Waals surface area contributed by atoms with E-state index in [9.17, 15) is 4.79 Å². The molecule has 1 saturated carbocycles. The van der Waals surface area contributed by atoms with Crippen LogP contribution in [0.15, 0.2) is 18.2 Å². The van der Waals surface area contributed by atoms with Crippen molar-refractivity contribution in [3.05, 3.63) is 34.9 Å². The topological polar surface area (TPSA) is 49.3 Å². The molecule has 0 saturated heterocycles. The van der Waals surface area contributed by atoms with Crippen LogP contribution >= 0.6 is 0 Å². The molecule has 0 aromatic heterocycles. The molecule has 3 heteroatoms. The second-order valence-electron chi connectivity index (χ2n) is 5.31. The summed E-state index contributed by atoms with van der Waals surface area (Å²) in [6, 6.07) is 5.66. The maximum Gasteiger partial charge on any atom is 0.252 e. The molecule has 0 atom stereocenters. The van der Waals surface area contributed by atoms with Crippen molar-refractivity contribution in [2.45, 2.75) is 32.6 Å². The number of aliphatic hydroxyl groups excluding tert-OH is 1. The van der Waals surface area contributed by atoms with Crippen LogP contribution < -0.4 is 5.32 Å². The van der Waals surface area contributed by atoms with E-state index in [1.165, 1.54) is 12.8 Å². The van der Waals surface area contributed by atoms with Crippen molar-refractivity contribution in [3.8, 4) is 11.8 Å². The molecule has 0 spiro atoms. The number of rotatable bonds is 5. The molecule has 1 aromatic carbocycles. The van der Waals surface area contributed by atoms with E-state index in [0.29, 0.717) is 12.0 Å². The van der Waals surface area contributed by atoms with E-state index in [4.69, 9.17) is 5.11 Å². The average Bonchev–Trinajstić information content (AvgIpc) is 3.23. The Kier molecular flexibility index (Phi) is 5.20. The van der Waals surface area contributed by atoms with Gasteiger partial charge in [-0.1, -0.05) is 30.7 Å². The van der Waals surface area contributed by atoms with Crippen LogP contribution in [0.1, 0.15) is 47.2 Å². The SMILES string of the molecule is Cc1ccc(C(=O)NCCC2CC2)c(C#CCCO)c1. The van der Waals surface area contributed by atoms with Crippen LogP contribution in [-0.4, -0.2) is 24.2 Å². The smallest absolute Gasteiger partial charge is 0.252 e. The Morgan fingerprint density at radius 3 is 2.95 bits per heavy atom. The Morgan fingerprint density at radius 1 is 1.45 bits per heavy atom. The second kappa shape index (κ2) is 7.12. The van der Waals surface area contributed by atoms with Crippen LogP contribution in [0.4, 0.5) is 0 Å². The highest BCUT2D eigenvalue weighted by Crippen LogP contribution is 2.31. The minimum atomic E-state index is -0.0565. The standard InChI is InChI=1S/C17H21NO2/c1-13-5-8-16(15(12-13)4-2-3-11-19)17(20)18-10-9-14-6-7-14/h5,8,12,14,19H,3,6-7,9-11H2,1H3,(H,18,20). The maximum absolute atomic E-state index is 12.2. The number of hydrogen-bond donors (Lipinski definition) is 2. The highest BCUT2D eigenvalue weighted by atomic mass is 16.2. The van der Waals surface area contributed by atoms with Crippen molar-refractivity contribution in [3.63, 3.8) is 0 Å². The first-order valence-electron chi connectivity index (χ1n) is 7.19. The molecule has 3 nitrogen and oxygen atoms in total. The molecule has 1 aliphatic rings. The lowest BCUT2D eigenvalue weighted by atomic mass is 10.0. The number of nitrogens with one attached hydrogen (secondary N) is 1. The highest BCUT2D eigenvalue weighted by Gasteiger charge is 2.20. The van der Waals surface area contributed by atoms with E-state index in [0.717, 1.165) is 30.0 Å². The summed E-state index contributed by atoms with van der Waals surface area (Å²) >= 11 is 0. The van der Waals surface area contributed by atoms with E-state index < -0.39 is 0 Å². The van der Waals surface area contributed by atoms with E-state index in [-0.39, 0.29) is 12.5 Å². The first-order valence-corrected chi connectivity index (χ1v) is 7.19. The first-order chi connectivity index (χ1) is 9.70. The lowest BCUT2D eigenvalue weighted by molar-refractivity contribution is 0.0952. The summed E-state index contributed by atoms with van der Waals surface area (Å²) in [5, 5.41) is 11.7. The van der Waals surface area contributed by atoms with Gasteiger partial charge in [0.05, 0.1) is 12.2 Å². The normalized spacial score (nSPS) is 13.5. The third-order valence-corrected chi connectivity index (χ3v) is 3.41. The average molecular weight is 271 g/mol. The van der Waals surface area contributed by atoms with Gasteiger partial charge in [0.2, 0.25) is 0 Å². The van der Waals surface area contributed by atoms with Crippen molar-refractivity contribution in [2.24, 2.45) is 5.92 Å². The highest BCUT2D eigenvalue weighted by molar-refractivity contribution is 5.96. The third-order valence-electron chi connectivity index (χ3n) is 3.41. The molecule has 0 aliphatic heterocycles. The Labute approximate surface area is 120 Å². The van der Waals surface area contributed by atoms with Gasteiger partial charge in [-0.05, 0) is 37.0 Å². The molecule has 1 fully saturated rings. The summed E-state index contributed by atoms with van der Waals surface area (Å²) < 4.78 is 0.